The summed E-state index contributed by atoms with van der Waals surface area (Å²) in [5.41, 5.74) is 1.76. The van der Waals surface area contributed by atoms with Gasteiger partial charge < -0.3 is 0 Å². The Kier molecular flexibility index (Phi) is 3.62. The van der Waals surface area contributed by atoms with E-state index in [9.17, 15) is 4.79 Å². The maximum absolute atomic E-state index is 11.0. The molecule has 0 aliphatic rings. The van der Waals surface area contributed by atoms with Gasteiger partial charge in [-0.2, -0.15) is 0 Å². The van der Waals surface area contributed by atoms with E-state index in [4.69, 9.17) is 0 Å². The smallest absolute Gasteiger partial charge is 0.260 e. The Morgan fingerprint density at radius 2 is 2.00 bits per heavy atom. The van der Waals surface area contributed by atoms with Crippen LogP contribution in [-0.2, 0) is 5.33 Å². The van der Waals surface area contributed by atoms with Crippen LogP contribution in [0.4, 0.5) is 0 Å². The Bertz CT molecular complexity index is 273. The van der Waals surface area contributed by atoms with Crippen molar-refractivity contribution < 1.29 is 4.79 Å². The molecule has 0 atom stereocenters. The second-order valence-electron chi connectivity index (χ2n) is 2.27. The molecule has 0 heterocycles. The lowest BCUT2D eigenvalue weighted by atomic mass is 10.1. The first kappa shape index (κ1) is 9.61. The molecule has 1 aromatic rings. The van der Waals surface area contributed by atoms with Gasteiger partial charge in [0.15, 0.2) is 0 Å². The Labute approximate surface area is 85.0 Å². The first-order valence-electron chi connectivity index (χ1n) is 3.37. The molecule has 1 N–H and O–H groups in total. The van der Waals surface area contributed by atoms with Crippen LogP contribution in [-0.4, -0.2) is 5.91 Å². The van der Waals surface area contributed by atoms with Crippen molar-refractivity contribution in [3.63, 3.8) is 0 Å². The highest BCUT2D eigenvalue weighted by Crippen LogP contribution is 2.07. The maximum Gasteiger partial charge on any atom is 0.260 e. The van der Waals surface area contributed by atoms with Crippen molar-refractivity contribution in [2.45, 2.75) is 5.33 Å². The van der Waals surface area contributed by atoms with Gasteiger partial charge in [0.25, 0.3) is 5.91 Å². The number of carbonyl (C=O) groups excluding carboxylic acids is 1. The predicted octanol–water partition coefficient (Wildman–Crippen LogP) is 2.16. The van der Waals surface area contributed by atoms with Gasteiger partial charge in [-0.25, -0.2) is 0 Å². The molecular weight excluding hydrogens is 238 g/mol. The van der Waals surface area contributed by atoms with E-state index in [1.165, 1.54) is 0 Å². The van der Waals surface area contributed by atoms with Gasteiger partial charge in [-0.1, -0.05) is 40.9 Å². The van der Waals surface area contributed by atoms with Crippen molar-refractivity contribution in [1.29, 1.82) is 0 Å². The standard InChI is InChI=1S/C8H8BrNOS/c9-5-6-1-3-7(4-2-6)8(11)10-12/h1-4,12H,5H2,(H,10,11). The van der Waals surface area contributed by atoms with Crippen molar-refractivity contribution in [2.75, 3.05) is 0 Å². The summed E-state index contributed by atoms with van der Waals surface area (Å²) in [5, 5.41) is 0.801. The number of amides is 1. The van der Waals surface area contributed by atoms with Crippen molar-refractivity contribution in [3.8, 4) is 0 Å². The largest absolute Gasteiger partial charge is 0.299 e. The summed E-state index contributed by atoms with van der Waals surface area (Å²) in [6.07, 6.45) is 0. The third-order valence-corrected chi connectivity index (χ3v) is 2.32. The average Bonchev–Trinajstić information content (AvgIpc) is 2.17. The molecule has 12 heavy (non-hydrogen) atoms. The summed E-state index contributed by atoms with van der Waals surface area (Å²) in [6.45, 7) is 0. The van der Waals surface area contributed by atoms with E-state index in [1.807, 2.05) is 12.1 Å². The van der Waals surface area contributed by atoms with E-state index < -0.39 is 0 Å². The zero-order chi connectivity index (χ0) is 8.97. The fourth-order valence-corrected chi connectivity index (χ4v) is 1.31. The zero-order valence-corrected chi connectivity index (χ0v) is 8.73. The topological polar surface area (TPSA) is 29.1 Å². The molecule has 0 radical (unpaired) electrons. The number of hydrogen-bond donors (Lipinski definition) is 2. The van der Waals surface area contributed by atoms with E-state index in [2.05, 4.69) is 33.5 Å². The minimum atomic E-state index is -0.181. The van der Waals surface area contributed by atoms with Crippen molar-refractivity contribution >= 4 is 34.7 Å². The number of carbonyl (C=O) groups is 1. The molecule has 0 bridgehead atoms. The molecule has 0 aliphatic carbocycles. The third kappa shape index (κ3) is 2.25. The van der Waals surface area contributed by atoms with Crippen molar-refractivity contribution in [2.24, 2.45) is 0 Å². The molecule has 0 aliphatic heterocycles. The summed E-state index contributed by atoms with van der Waals surface area (Å²) in [7, 11) is 0. The van der Waals surface area contributed by atoms with E-state index in [0.29, 0.717) is 5.56 Å². The molecule has 0 aromatic heterocycles. The molecule has 4 heteroatoms. The van der Waals surface area contributed by atoms with E-state index in [1.54, 1.807) is 12.1 Å². The molecule has 0 spiro atoms. The van der Waals surface area contributed by atoms with Gasteiger partial charge in [0.2, 0.25) is 0 Å². The van der Waals surface area contributed by atoms with Crippen LogP contribution in [0.2, 0.25) is 0 Å². The summed E-state index contributed by atoms with van der Waals surface area (Å²) < 4.78 is 2.26. The Morgan fingerprint density at radius 3 is 2.42 bits per heavy atom. The van der Waals surface area contributed by atoms with Gasteiger partial charge >= 0.3 is 0 Å². The predicted molar refractivity (Wildman–Crippen MR) is 55.5 cm³/mol. The number of rotatable bonds is 2. The average molecular weight is 246 g/mol. The van der Waals surface area contributed by atoms with Crippen LogP contribution in [0.15, 0.2) is 24.3 Å². The van der Waals surface area contributed by atoms with Gasteiger partial charge in [-0.05, 0) is 17.7 Å². The van der Waals surface area contributed by atoms with E-state index in [-0.39, 0.29) is 5.91 Å². The molecule has 0 saturated heterocycles. The molecular formula is C8H8BrNOS. The van der Waals surface area contributed by atoms with Crippen LogP contribution in [0.1, 0.15) is 15.9 Å². The van der Waals surface area contributed by atoms with Crippen LogP contribution >= 0.6 is 28.7 Å². The van der Waals surface area contributed by atoms with Gasteiger partial charge in [-0.3, -0.25) is 9.52 Å². The van der Waals surface area contributed by atoms with Gasteiger partial charge in [0, 0.05) is 10.9 Å². The van der Waals surface area contributed by atoms with Gasteiger partial charge in [0.05, 0.1) is 0 Å². The lowest BCUT2D eigenvalue weighted by Crippen LogP contribution is -2.12. The SMILES string of the molecule is O=C(NS)c1ccc(CBr)cc1. The Morgan fingerprint density at radius 1 is 1.42 bits per heavy atom. The molecule has 1 amide bonds. The summed E-state index contributed by atoms with van der Waals surface area (Å²) in [6, 6.07) is 7.32. The summed E-state index contributed by atoms with van der Waals surface area (Å²) in [4.78, 5) is 11.0. The molecule has 0 fully saturated rings. The third-order valence-electron chi connectivity index (χ3n) is 1.47. The van der Waals surface area contributed by atoms with Crippen LogP contribution in [0.3, 0.4) is 0 Å². The summed E-state index contributed by atoms with van der Waals surface area (Å²) in [5.74, 6) is -0.181. The molecule has 0 saturated carbocycles. The Balaban J connectivity index is 2.84. The lowest BCUT2D eigenvalue weighted by molar-refractivity contribution is 0.0985. The highest BCUT2D eigenvalue weighted by Gasteiger charge is 2.01. The van der Waals surface area contributed by atoms with E-state index >= 15 is 0 Å². The monoisotopic (exact) mass is 245 g/mol. The number of halogens is 1. The minimum absolute atomic E-state index is 0.181. The first-order chi connectivity index (χ1) is 5.77. The van der Waals surface area contributed by atoms with Gasteiger partial charge in [0.1, 0.15) is 0 Å². The summed E-state index contributed by atoms with van der Waals surface area (Å²) >= 11 is 6.99. The second kappa shape index (κ2) is 4.52. The van der Waals surface area contributed by atoms with Crippen molar-refractivity contribution in [3.05, 3.63) is 35.4 Å². The lowest BCUT2D eigenvalue weighted by Gasteiger charge is -1.99. The molecule has 1 rings (SSSR count). The number of hydrogen-bond acceptors (Lipinski definition) is 2. The first-order valence-corrected chi connectivity index (χ1v) is 4.94. The maximum atomic E-state index is 11.0. The van der Waals surface area contributed by atoms with E-state index in [0.717, 1.165) is 10.9 Å². The minimum Gasteiger partial charge on any atom is -0.299 e. The molecule has 1 aromatic carbocycles. The number of nitrogens with one attached hydrogen (secondary N) is 1. The quantitative estimate of drug-likeness (QED) is 0.607. The number of thiol groups is 1. The second-order valence-corrected chi connectivity index (χ2v) is 3.06. The Hall–Kier alpha value is -0.480. The fraction of sp³-hybridized carbons (Fsp3) is 0.125. The highest BCUT2D eigenvalue weighted by atomic mass is 79.9. The molecule has 2 nitrogen and oxygen atoms in total. The van der Waals surface area contributed by atoms with Crippen molar-refractivity contribution in [1.82, 2.24) is 4.72 Å². The van der Waals surface area contributed by atoms with Crippen LogP contribution in [0.5, 0.6) is 0 Å². The number of alkyl halides is 1. The van der Waals surface area contributed by atoms with Crippen LogP contribution in [0.25, 0.3) is 0 Å². The highest BCUT2D eigenvalue weighted by molar-refractivity contribution is 9.08. The molecule has 0 unspecified atom stereocenters. The normalized spacial score (nSPS) is 9.50. The fourth-order valence-electron chi connectivity index (χ4n) is 0.810. The van der Waals surface area contributed by atoms with Crippen LogP contribution < -0.4 is 4.72 Å². The van der Waals surface area contributed by atoms with Crippen LogP contribution in [0, 0.1) is 0 Å². The zero-order valence-electron chi connectivity index (χ0n) is 6.25. The molecule has 64 valence electrons. The number of benzene rings is 1. The van der Waals surface area contributed by atoms with Gasteiger partial charge in [-0.15, -0.1) is 0 Å².